The van der Waals surface area contributed by atoms with Crippen molar-refractivity contribution in [2.45, 2.75) is 31.2 Å². The van der Waals surface area contributed by atoms with Crippen LogP contribution in [0.4, 0.5) is 0 Å². The molecule has 0 amide bonds. The lowest BCUT2D eigenvalue weighted by Crippen LogP contribution is -2.48. The molecule has 0 aromatic heterocycles. The number of hydrogen-bond donors (Lipinski definition) is 1. The summed E-state index contributed by atoms with van der Waals surface area (Å²) >= 11 is 6.01. The van der Waals surface area contributed by atoms with E-state index < -0.39 is 10.0 Å². The van der Waals surface area contributed by atoms with Crippen LogP contribution >= 0.6 is 24.0 Å². The maximum Gasteiger partial charge on any atom is 0.243 e. The monoisotopic (exact) mass is 338 g/mol. The van der Waals surface area contributed by atoms with Crippen molar-refractivity contribution < 1.29 is 8.42 Å². The zero-order valence-electron chi connectivity index (χ0n) is 11.5. The van der Waals surface area contributed by atoms with Gasteiger partial charge in [-0.2, -0.15) is 4.31 Å². The topological polar surface area (TPSA) is 63.4 Å². The summed E-state index contributed by atoms with van der Waals surface area (Å²) in [5.41, 5.74) is 6.54. The third-order valence-electron chi connectivity index (χ3n) is 3.77. The van der Waals surface area contributed by atoms with Crippen LogP contribution in [0.1, 0.15) is 18.9 Å². The maximum atomic E-state index is 12.6. The molecular formula is C13H20Cl2N2O2S. The smallest absolute Gasteiger partial charge is 0.243 e. The van der Waals surface area contributed by atoms with Crippen LogP contribution in [0.3, 0.4) is 0 Å². The zero-order valence-corrected chi connectivity index (χ0v) is 13.9. The van der Waals surface area contributed by atoms with E-state index >= 15 is 0 Å². The van der Waals surface area contributed by atoms with Gasteiger partial charge in [-0.1, -0.05) is 24.6 Å². The van der Waals surface area contributed by atoms with Crippen LogP contribution in [-0.2, 0) is 10.0 Å². The molecule has 2 rings (SSSR count). The van der Waals surface area contributed by atoms with Crippen molar-refractivity contribution >= 4 is 34.0 Å². The quantitative estimate of drug-likeness (QED) is 0.900. The summed E-state index contributed by atoms with van der Waals surface area (Å²) in [6, 6.07) is 5.05. The maximum absolute atomic E-state index is 12.6. The van der Waals surface area contributed by atoms with Crippen molar-refractivity contribution in [2.75, 3.05) is 13.1 Å². The van der Waals surface area contributed by atoms with Crippen molar-refractivity contribution in [3.8, 4) is 0 Å². The Bertz CT molecular complexity index is 578. The molecule has 0 radical (unpaired) electrons. The highest BCUT2D eigenvalue weighted by molar-refractivity contribution is 7.89. The largest absolute Gasteiger partial charge is 0.327 e. The molecule has 0 spiro atoms. The van der Waals surface area contributed by atoms with E-state index in [9.17, 15) is 8.42 Å². The standard InChI is InChI=1S/C13H19ClN2O2S.ClH/c1-9-8-16(7-6-12(9)15)19(17,18)13-5-3-4-11(14)10(13)2;/h3-5,9,12H,6-8,15H2,1-2H3;1H. The lowest BCUT2D eigenvalue weighted by Gasteiger charge is -2.34. The Balaban J connectivity index is 0.00000200. The Hall–Kier alpha value is -0.330. The van der Waals surface area contributed by atoms with Gasteiger partial charge in [0.2, 0.25) is 10.0 Å². The van der Waals surface area contributed by atoms with Crippen LogP contribution in [-0.4, -0.2) is 31.9 Å². The second-order valence-electron chi connectivity index (χ2n) is 5.16. The van der Waals surface area contributed by atoms with Crippen LogP contribution in [0.15, 0.2) is 23.1 Å². The van der Waals surface area contributed by atoms with Gasteiger partial charge in [0.15, 0.2) is 0 Å². The second-order valence-corrected chi connectivity index (χ2v) is 7.47. The summed E-state index contributed by atoms with van der Waals surface area (Å²) in [5.74, 6) is 0.169. The molecule has 2 N–H and O–H groups in total. The van der Waals surface area contributed by atoms with E-state index in [-0.39, 0.29) is 24.4 Å². The number of nitrogens with zero attached hydrogens (tertiary/aromatic N) is 1. The average molecular weight is 339 g/mol. The minimum atomic E-state index is -3.48. The van der Waals surface area contributed by atoms with Gasteiger partial charge in [0.05, 0.1) is 4.90 Å². The summed E-state index contributed by atoms with van der Waals surface area (Å²) in [5, 5.41) is 0.475. The van der Waals surface area contributed by atoms with E-state index in [0.717, 1.165) is 0 Å². The fraction of sp³-hybridized carbons (Fsp3) is 0.538. The molecule has 7 heteroatoms. The Labute approximate surface area is 131 Å². The summed E-state index contributed by atoms with van der Waals surface area (Å²) in [6.07, 6.45) is 0.694. The lowest BCUT2D eigenvalue weighted by molar-refractivity contribution is 0.250. The fourth-order valence-electron chi connectivity index (χ4n) is 2.35. The third kappa shape index (κ3) is 3.28. The van der Waals surface area contributed by atoms with Gasteiger partial charge in [0.1, 0.15) is 0 Å². The molecule has 1 aromatic rings. The van der Waals surface area contributed by atoms with Crippen LogP contribution in [0.2, 0.25) is 5.02 Å². The number of benzene rings is 1. The molecule has 1 saturated heterocycles. The molecule has 1 aromatic carbocycles. The Kier molecular flexibility index (Phi) is 5.87. The highest BCUT2D eigenvalue weighted by Gasteiger charge is 2.32. The Morgan fingerprint density at radius 2 is 2.05 bits per heavy atom. The van der Waals surface area contributed by atoms with Gasteiger partial charge in [-0.3, -0.25) is 0 Å². The van der Waals surface area contributed by atoms with Crippen molar-refractivity contribution in [2.24, 2.45) is 11.7 Å². The van der Waals surface area contributed by atoms with Crippen molar-refractivity contribution in [3.05, 3.63) is 28.8 Å². The van der Waals surface area contributed by atoms with E-state index in [0.29, 0.717) is 35.0 Å². The normalized spacial score (nSPS) is 24.2. The van der Waals surface area contributed by atoms with Crippen LogP contribution < -0.4 is 5.73 Å². The first-order chi connectivity index (χ1) is 8.84. The number of piperidine rings is 1. The molecule has 0 bridgehead atoms. The van der Waals surface area contributed by atoms with E-state index in [1.54, 1.807) is 25.1 Å². The summed E-state index contributed by atoms with van der Waals surface area (Å²) in [7, 11) is -3.48. The highest BCUT2D eigenvalue weighted by Crippen LogP contribution is 2.28. The SMILES string of the molecule is Cc1c(Cl)cccc1S(=O)(=O)N1CCC(N)C(C)C1.Cl. The zero-order chi connectivity index (χ0) is 14.2. The molecule has 1 aliphatic rings. The predicted molar refractivity (Wildman–Crippen MR) is 84.0 cm³/mol. The van der Waals surface area contributed by atoms with Gasteiger partial charge in [0, 0.05) is 24.2 Å². The first kappa shape index (κ1) is 17.7. The van der Waals surface area contributed by atoms with Gasteiger partial charge >= 0.3 is 0 Å². The summed E-state index contributed by atoms with van der Waals surface area (Å²) < 4.78 is 26.8. The molecule has 1 fully saturated rings. The van der Waals surface area contributed by atoms with Crippen LogP contribution in [0.5, 0.6) is 0 Å². The fourth-order valence-corrected chi connectivity index (χ4v) is 4.38. The Morgan fingerprint density at radius 1 is 1.40 bits per heavy atom. The molecule has 2 atom stereocenters. The number of hydrogen-bond acceptors (Lipinski definition) is 3. The molecule has 1 heterocycles. The third-order valence-corrected chi connectivity index (χ3v) is 6.19. The van der Waals surface area contributed by atoms with E-state index in [1.165, 1.54) is 4.31 Å². The molecule has 0 aliphatic carbocycles. The van der Waals surface area contributed by atoms with Crippen molar-refractivity contribution in [1.82, 2.24) is 4.31 Å². The van der Waals surface area contributed by atoms with Crippen LogP contribution in [0.25, 0.3) is 0 Å². The molecule has 4 nitrogen and oxygen atoms in total. The van der Waals surface area contributed by atoms with Crippen molar-refractivity contribution in [1.29, 1.82) is 0 Å². The summed E-state index contributed by atoms with van der Waals surface area (Å²) in [4.78, 5) is 0.294. The molecular weight excluding hydrogens is 319 g/mol. The van der Waals surface area contributed by atoms with Gasteiger partial charge in [-0.15, -0.1) is 12.4 Å². The van der Waals surface area contributed by atoms with E-state index in [1.807, 2.05) is 6.92 Å². The molecule has 114 valence electrons. The van der Waals surface area contributed by atoms with Gasteiger partial charge in [-0.25, -0.2) is 8.42 Å². The van der Waals surface area contributed by atoms with Gasteiger partial charge < -0.3 is 5.73 Å². The molecule has 0 saturated carbocycles. The number of nitrogens with two attached hydrogens (primary N) is 1. The summed E-state index contributed by atoms with van der Waals surface area (Å²) in [6.45, 7) is 4.65. The highest BCUT2D eigenvalue weighted by atomic mass is 35.5. The minimum absolute atomic E-state index is 0. The lowest BCUT2D eigenvalue weighted by atomic mass is 9.96. The number of sulfonamides is 1. The first-order valence-corrected chi connectivity index (χ1v) is 8.16. The van der Waals surface area contributed by atoms with Crippen LogP contribution in [0, 0.1) is 12.8 Å². The molecule has 2 unspecified atom stereocenters. The first-order valence-electron chi connectivity index (χ1n) is 6.35. The number of rotatable bonds is 2. The Morgan fingerprint density at radius 3 is 2.65 bits per heavy atom. The predicted octanol–water partition coefficient (Wildman–Crippen LogP) is 2.43. The van der Waals surface area contributed by atoms with E-state index in [2.05, 4.69) is 0 Å². The van der Waals surface area contributed by atoms with E-state index in [4.69, 9.17) is 17.3 Å². The minimum Gasteiger partial charge on any atom is -0.327 e. The molecule has 20 heavy (non-hydrogen) atoms. The number of halogens is 2. The van der Waals surface area contributed by atoms with Crippen molar-refractivity contribution in [3.63, 3.8) is 0 Å². The second kappa shape index (κ2) is 6.62. The molecule has 1 aliphatic heterocycles. The average Bonchev–Trinajstić information content (AvgIpc) is 2.35. The van der Waals surface area contributed by atoms with Gasteiger partial charge in [0.25, 0.3) is 0 Å². The van der Waals surface area contributed by atoms with Gasteiger partial charge in [-0.05, 0) is 37.0 Å².